The van der Waals surface area contributed by atoms with Gasteiger partial charge in [-0.3, -0.25) is 4.72 Å². The molecule has 1 heterocycles. The fourth-order valence-corrected chi connectivity index (χ4v) is 6.56. The second-order valence-electron chi connectivity index (χ2n) is 12.9. The Bertz CT molecular complexity index is 1830. The highest BCUT2D eigenvalue weighted by atomic mass is 32.2. The number of hydrogen-bond acceptors (Lipinski definition) is 6. The maximum atomic E-state index is 13.5. The standard InChI is InChI=1S/C35H38F3N3O4S/c1-22-9-6-10-23(2)31(22)32-29(24-11-7-13-27(17-24)45-21-33(3,4)35(36,37)38)15-16-30(40-32)41-46(43,44)28-14-8-12-25(18-28)39-26-19-34(5,42)20-26/h6-18,26,39,42H,19-21H2,1-5H3,(H,40,41). The van der Waals surface area contributed by atoms with Gasteiger partial charge in [-0.1, -0.05) is 36.4 Å². The van der Waals surface area contributed by atoms with Crippen LogP contribution in [0.5, 0.6) is 5.75 Å². The Hall–Kier alpha value is -4.09. The lowest BCUT2D eigenvalue weighted by molar-refractivity contribution is -0.219. The Morgan fingerprint density at radius 3 is 2.26 bits per heavy atom. The van der Waals surface area contributed by atoms with Crippen LogP contribution in [0.15, 0.2) is 83.8 Å². The minimum atomic E-state index is -4.43. The van der Waals surface area contributed by atoms with Crippen molar-refractivity contribution in [3.63, 3.8) is 0 Å². The second kappa shape index (κ2) is 12.3. The highest BCUT2D eigenvalue weighted by Crippen LogP contribution is 2.40. The van der Waals surface area contributed by atoms with Gasteiger partial charge in [0.2, 0.25) is 0 Å². The first kappa shape index (κ1) is 33.3. The Kier molecular flexibility index (Phi) is 8.87. The third-order valence-corrected chi connectivity index (χ3v) is 9.60. The normalized spacial score (nSPS) is 18.5. The largest absolute Gasteiger partial charge is 0.493 e. The zero-order valence-corrected chi connectivity index (χ0v) is 27.2. The highest BCUT2D eigenvalue weighted by Gasteiger charge is 2.48. The molecule has 0 unspecified atom stereocenters. The van der Waals surface area contributed by atoms with E-state index in [1.54, 1.807) is 61.5 Å². The lowest BCUT2D eigenvalue weighted by Gasteiger charge is -2.41. The van der Waals surface area contributed by atoms with Gasteiger partial charge in [-0.2, -0.15) is 13.2 Å². The number of ether oxygens (including phenoxy) is 1. The number of nitrogens with zero attached hydrogens (tertiary/aromatic N) is 1. The van der Waals surface area contributed by atoms with Crippen molar-refractivity contribution in [2.75, 3.05) is 16.6 Å². The van der Waals surface area contributed by atoms with E-state index in [0.717, 1.165) is 30.5 Å². The van der Waals surface area contributed by atoms with Crippen molar-refractivity contribution < 1.29 is 31.4 Å². The number of hydrogen-bond donors (Lipinski definition) is 3. The molecule has 11 heteroatoms. The first-order valence-electron chi connectivity index (χ1n) is 14.9. The first-order valence-corrected chi connectivity index (χ1v) is 16.4. The zero-order chi connectivity index (χ0) is 33.5. The van der Waals surface area contributed by atoms with Gasteiger partial charge in [0.25, 0.3) is 10.0 Å². The molecular weight excluding hydrogens is 615 g/mol. The topological polar surface area (TPSA) is 101 Å². The van der Waals surface area contributed by atoms with E-state index in [1.165, 1.54) is 6.07 Å². The molecule has 0 aliphatic heterocycles. The van der Waals surface area contributed by atoms with E-state index in [-0.39, 0.29) is 22.5 Å². The molecule has 0 radical (unpaired) electrons. The summed E-state index contributed by atoms with van der Waals surface area (Å²) in [7, 11) is -4.03. The fourth-order valence-electron chi connectivity index (χ4n) is 5.52. The van der Waals surface area contributed by atoms with Crippen LogP contribution < -0.4 is 14.8 Å². The zero-order valence-electron chi connectivity index (χ0n) is 26.4. The molecule has 1 fully saturated rings. The summed E-state index contributed by atoms with van der Waals surface area (Å²) >= 11 is 0. The summed E-state index contributed by atoms with van der Waals surface area (Å²) in [5, 5.41) is 13.3. The number of pyridine rings is 1. The van der Waals surface area contributed by atoms with Crippen molar-refractivity contribution in [3.8, 4) is 28.1 Å². The smallest absolute Gasteiger partial charge is 0.397 e. The van der Waals surface area contributed by atoms with Crippen molar-refractivity contribution in [1.29, 1.82) is 0 Å². The van der Waals surface area contributed by atoms with Crippen LogP contribution in [-0.2, 0) is 10.0 Å². The van der Waals surface area contributed by atoms with Gasteiger partial charge < -0.3 is 15.2 Å². The van der Waals surface area contributed by atoms with Gasteiger partial charge in [0.15, 0.2) is 0 Å². The van der Waals surface area contributed by atoms with Gasteiger partial charge in [0, 0.05) is 22.9 Å². The minimum absolute atomic E-state index is 0.0507. The fraction of sp³-hybridized carbons (Fsp3) is 0.343. The maximum absolute atomic E-state index is 13.5. The SMILES string of the molecule is Cc1cccc(C)c1-c1nc(NS(=O)(=O)c2cccc(NC3CC(C)(O)C3)c2)ccc1-c1cccc(OCC(C)(C)C(F)(F)F)c1. The monoisotopic (exact) mass is 653 g/mol. The van der Waals surface area contributed by atoms with Crippen LogP contribution in [-0.4, -0.2) is 42.9 Å². The number of rotatable bonds is 10. The van der Waals surface area contributed by atoms with E-state index in [1.807, 2.05) is 32.0 Å². The number of aryl methyl sites for hydroxylation is 2. The molecule has 3 N–H and O–H groups in total. The molecule has 0 amide bonds. The number of aliphatic hydroxyl groups is 1. The molecule has 0 spiro atoms. The Labute approximate surface area is 267 Å². The van der Waals surface area contributed by atoms with Crippen LogP contribution in [0.25, 0.3) is 22.4 Å². The molecule has 244 valence electrons. The lowest BCUT2D eigenvalue weighted by atomic mass is 9.77. The van der Waals surface area contributed by atoms with Gasteiger partial charge in [0.05, 0.1) is 21.6 Å². The molecular formula is C35H38F3N3O4S. The van der Waals surface area contributed by atoms with Crippen LogP contribution >= 0.6 is 0 Å². The molecule has 1 aliphatic rings. The first-order chi connectivity index (χ1) is 21.4. The van der Waals surface area contributed by atoms with Crippen molar-refractivity contribution >= 4 is 21.5 Å². The van der Waals surface area contributed by atoms with Gasteiger partial charge in [-0.25, -0.2) is 13.4 Å². The Morgan fingerprint density at radius 2 is 1.61 bits per heavy atom. The maximum Gasteiger partial charge on any atom is 0.397 e. The predicted octanol–water partition coefficient (Wildman–Crippen LogP) is 8.13. The van der Waals surface area contributed by atoms with E-state index in [4.69, 9.17) is 9.72 Å². The summed E-state index contributed by atoms with van der Waals surface area (Å²) in [6, 6.07) is 22.4. The summed E-state index contributed by atoms with van der Waals surface area (Å²) in [6.45, 7) is 7.26. The average molecular weight is 654 g/mol. The van der Waals surface area contributed by atoms with Gasteiger partial charge in [-0.05, 0) is 107 Å². The van der Waals surface area contributed by atoms with Crippen molar-refractivity contribution in [1.82, 2.24) is 4.98 Å². The van der Waals surface area contributed by atoms with E-state index in [0.29, 0.717) is 35.3 Å². The molecule has 0 saturated heterocycles. The van der Waals surface area contributed by atoms with Crippen molar-refractivity contribution in [2.45, 2.75) is 70.2 Å². The average Bonchev–Trinajstić information content (AvgIpc) is 2.95. The van der Waals surface area contributed by atoms with E-state index < -0.39 is 33.8 Å². The van der Waals surface area contributed by atoms with Crippen LogP contribution in [0, 0.1) is 19.3 Å². The van der Waals surface area contributed by atoms with Crippen molar-refractivity contribution in [2.24, 2.45) is 5.41 Å². The number of anilines is 2. The summed E-state index contributed by atoms with van der Waals surface area (Å²) < 4.78 is 75.5. The third kappa shape index (κ3) is 7.31. The summed E-state index contributed by atoms with van der Waals surface area (Å²) in [5.41, 5.74) is 2.33. The van der Waals surface area contributed by atoms with Gasteiger partial charge in [0.1, 0.15) is 18.2 Å². The van der Waals surface area contributed by atoms with Gasteiger partial charge >= 0.3 is 6.18 Å². The molecule has 1 aliphatic carbocycles. The minimum Gasteiger partial charge on any atom is -0.493 e. The van der Waals surface area contributed by atoms with Crippen molar-refractivity contribution in [3.05, 3.63) is 90.0 Å². The summed E-state index contributed by atoms with van der Waals surface area (Å²) in [6.07, 6.45) is -3.29. The number of aromatic nitrogens is 1. The molecule has 7 nitrogen and oxygen atoms in total. The third-order valence-electron chi connectivity index (χ3n) is 8.25. The summed E-state index contributed by atoms with van der Waals surface area (Å²) in [4.78, 5) is 4.84. The molecule has 0 bridgehead atoms. The van der Waals surface area contributed by atoms with Crippen LogP contribution in [0.2, 0.25) is 0 Å². The Morgan fingerprint density at radius 1 is 0.957 bits per heavy atom. The second-order valence-corrected chi connectivity index (χ2v) is 14.6. The number of sulfonamides is 1. The number of alkyl halides is 3. The number of benzene rings is 3. The Balaban J connectivity index is 1.47. The molecule has 1 saturated carbocycles. The number of halogens is 3. The summed E-state index contributed by atoms with van der Waals surface area (Å²) in [5.74, 6) is 0.375. The lowest BCUT2D eigenvalue weighted by Crippen LogP contribution is -2.48. The molecule has 46 heavy (non-hydrogen) atoms. The quantitative estimate of drug-likeness (QED) is 0.160. The number of nitrogens with one attached hydrogen (secondary N) is 2. The van der Waals surface area contributed by atoms with Crippen LogP contribution in [0.3, 0.4) is 0 Å². The molecule has 5 rings (SSSR count). The molecule has 1 aromatic heterocycles. The molecule has 4 aromatic rings. The van der Waals surface area contributed by atoms with Crippen LogP contribution in [0.4, 0.5) is 24.7 Å². The van der Waals surface area contributed by atoms with E-state index >= 15 is 0 Å². The molecule has 0 atom stereocenters. The highest BCUT2D eigenvalue weighted by molar-refractivity contribution is 7.92. The van der Waals surface area contributed by atoms with E-state index in [9.17, 15) is 26.7 Å². The van der Waals surface area contributed by atoms with Crippen LogP contribution in [0.1, 0.15) is 44.7 Å². The molecule has 3 aromatic carbocycles. The van der Waals surface area contributed by atoms with Gasteiger partial charge in [-0.15, -0.1) is 0 Å². The van der Waals surface area contributed by atoms with E-state index in [2.05, 4.69) is 10.0 Å². The predicted molar refractivity (Wildman–Crippen MR) is 174 cm³/mol.